The van der Waals surface area contributed by atoms with Gasteiger partial charge < -0.3 is 5.32 Å². The Bertz CT molecular complexity index is 420. The summed E-state index contributed by atoms with van der Waals surface area (Å²) in [4.78, 5) is 9.44. The minimum absolute atomic E-state index is 0.580. The molecule has 1 aromatic rings. The number of rotatable bonds is 6. The van der Waals surface area contributed by atoms with E-state index in [9.17, 15) is 0 Å². The molecule has 0 amide bonds. The topological polar surface area (TPSA) is 37.8 Å². The van der Waals surface area contributed by atoms with Crippen LogP contribution in [0.25, 0.3) is 0 Å². The van der Waals surface area contributed by atoms with Crippen molar-refractivity contribution >= 4 is 21.7 Å². The zero-order valence-corrected chi connectivity index (χ0v) is 13.0. The van der Waals surface area contributed by atoms with Crippen LogP contribution in [0.3, 0.4) is 0 Å². The molecule has 1 heterocycles. The van der Waals surface area contributed by atoms with Gasteiger partial charge in [0.2, 0.25) is 0 Å². The number of aromatic nitrogens is 2. The summed E-state index contributed by atoms with van der Waals surface area (Å²) < 4.78 is 1.05. The molecule has 1 aromatic heterocycles. The molecule has 4 heteroatoms. The first-order valence-corrected chi connectivity index (χ1v) is 7.76. The lowest BCUT2D eigenvalue weighted by Crippen LogP contribution is -2.09. The summed E-state index contributed by atoms with van der Waals surface area (Å²) >= 11 is 3.64. The molecule has 2 rings (SSSR count). The second kappa shape index (κ2) is 6.00. The molecule has 1 aliphatic carbocycles. The van der Waals surface area contributed by atoms with Crippen LogP contribution >= 0.6 is 15.9 Å². The third-order valence-corrected chi connectivity index (χ3v) is 4.24. The second-order valence-electron chi connectivity index (χ2n) is 5.19. The van der Waals surface area contributed by atoms with Gasteiger partial charge in [0.05, 0.1) is 10.2 Å². The Morgan fingerprint density at radius 2 is 2.00 bits per heavy atom. The number of nitrogens with zero attached hydrogens (tertiary/aromatic N) is 2. The third kappa shape index (κ3) is 3.02. The molecule has 2 atom stereocenters. The van der Waals surface area contributed by atoms with E-state index in [1.807, 2.05) is 0 Å². The fourth-order valence-corrected chi connectivity index (χ4v) is 2.64. The van der Waals surface area contributed by atoms with E-state index >= 15 is 0 Å². The van der Waals surface area contributed by atoms with Crippen LogP contribution in [0.2, 0.25) is 0 Å². The first-order valence-electron chi connectivity index (χ1n) is 6.97. The van der Waals surface area contributed by atoms with Crippen LogP contribution in [0, 0.1) is 5.92 Å². The molecule has 0 spiro atoms. The molecular formula is C14H22BrN3. The summed E-state index contributed by atoms with van der Waals surface area (Å²) in [7, 11) is 0. The van der Waals surface area contributed by atoms with Crippen molar-refractivity contribution in [1.29, 1.82) is 0 Å². The molecule has 0 aromatic carbocycles. The van der Waals surface area contributed by atoms with Crippen LogP contribution in [0.15, 0.2) is 4.47 Å². The van der Waals surface area contributed by atoms with Crippen LogP contribution in [-0.2, 0) is 6.42 Å². The molecule has 1 fully saturated rings. The van der Waals surface area contributed by atoms with E-state index in [1.165, 1.54) is 6.42 Å². The lowest BCUT2D eigenvalue weighted by Gasteiger charge is -2.12. The lowest BCUT2D eigenvalue weighted by atomic mass is 10.2. The van der Waals surface area contributed by atoms with Crippen molar-refractivity contribution in [3.63, 3.8) is 0 Å². The predicted molar refractivity (Wildman–Crippen MR) is 79.0 cm³/mol. The van der Waals surface area contributed by atoms with Crippen molar-refractivity contribution in [3.05, 3.63) is 16.0 Å². The molecule has 2 unspecified atom stereocenters. The highest BCUT2D eigenvalue weighted by molar-refractivity contribution is 9.10. The van der Waals surface area contributed by atoms with Crippen LogP contribution in [0.5, 0.6) is 0 Å². The Balaban J connectivity index is 2.28. The Morgan fingerprint density at radius 3 is 2.56 bits per heavy atom. The van der Waals surface area contributed by atoms with Crippen molar-refractivity contribution in [3.8, 4) is 0 Å². The van der Waals surface area contributed by atoms with E-state index in [0.717, 1.165) is 53.5 Å². The summed E-state index contributed by atoms with van der Waals surface area (Å²) in [6, 6.07) is 0. The van der Waals surface area contributed by atoms with Crippen LogP contribution in [0.4, 0.5) is 5.82 Å². The molecule has 0 saturated heterocycles. The maximum Gasteiger partial charge on any atom is 0.144 e. The molecule has 0 bridgehead atoms. The van der Waals surface area contributed by atoms with Crippen LogP contribution in [-0.4, -0.2) is 16.5 Å². The van der Waals surface area contributed by atoms with Gasteiger partial charge in [0.1, 0.15) is 11.6 Å². The minimum atomic E-state index is 0.580. The van der Waals surface area contributed by atoms with Crippen molar-refractivity contribution in [2.75, 3.05) is 11.9 Å². The van der Waals surface area contributed by atoms with Gasteiger partial charge in [-0.2, -0.15) is 0 Å². The molecule has 100 valence electrons. The maximum atomic E-state index is 4.75. The van der Waals surface area contributed by atoms with E-state index in [0.29, 0.717) is 5.92 Å². The zero-order chi connectivity index (χ0) is 13.1. The van der Waals surface area contributed by atoms with Crippen molar-refractivity contribution < 1.29 is 0 Å². The van der Waals surface area contributed by atoms with E-state index < -0.39 is 0 Å². The van der Waals surface area contributed by atoms with Crippen LogP contribution in [0.1, 0.15) is 57.5 Å². The van der Waals surface area contributed by atoms with E-state index in [-0.39, 0.29) is 0 Å². The van der Waals surface area contributed by atoms with Crippen molar-refractivity contribution in [1.82, 2.24) is 9.97 Å². The van der Waals surface area contributed by atoms with E-state index in [4.69, 9.17) is 9.97 Å². The van der Waals surface area contributed by atoms with Gasteiger partial charge in [0, 0.05) is 12.5 Å². The van der Waals surface area contributed by atoms with E-state index in [1.54, 1.807) is 0 Å². The number of halogens is 1. The molecular weight excluding hydrogens is 290 g/mol. The zero-order valence-electron chi connectivity index (χ0n) is 11.5. The van der Waals surface area contributed by atoms with Gasteiger partial charge in [-0.05, 0) is 41.1 Å². The Kier molecular flexibility index (Phi) is 4.60. The Morgan fingerprint density at radius 1 is 1.28 bits per heavy atom. The van der Waals surface area contributed by atoms with Gasteiger partial charge in [-0.1, -0.05) is 27.2 Å². The second-order valence-corrected chi connectivity index (χ2v) is 5.98. The first-order chi connectivity index (χ1) is 8.67. The van der Waals surface area contributed by atoms with Crippen molar-refractivity contribution in [2.45, 2.75) is 52.4 Å². The van der Waals surface area contributed by atoms with Gasteiger partial charge in [-0.15, -0.1) is 0 Å². The highest BCUT2D eigenvalue weighted by Crippen LogP contribution is 2.46. The summed E-state index contributed by atoms with van der Waals surface area (Å²) in [5.74, 6) is 3.34. The van der Waals surface area contributed by atoms with Gasteiger partial charge in [0.25, 0.3) is 0 Å². The van der Waals surface area contributed by atoms with Gasteiger partial charge >= 0.3 is 0 Å². The van der Waals surface area contributed by atoms with Gasteiger partial charge in [-0.25, -0.2) is 9.97 Å². The summed E-state index contributed by atoms with van der Waals surface area (Å²) in [6.45, 7) is 7.58. The molecule has 1 aliphatic rings. The fraction of sp³-hybridized carbons (Fsp3) is 0.714. The number of hydrogen-bond acceptors (Lipinski definition) is 3. The minimum Gasteiger partial charge on any atom is -0.369 e. The number of anilines is 1. The summed E-state index contributed by atoms with van der Waals surface area (Å²) in [5, 5.41) is 3.40. The number of aryl methyl sites for hydroxylation is 1. The molecule has 1 saturated carbocycles. The average molecular weight is 312 g/mol. The Labute approximate surface area is 118 Å². The largest absolute Gasteiger partial charge is 0.369 e. The third-order valence-electron chi connectivity index (χ3n) is 3.41. The normalized spacial score (nSPS) is 22.0. The average Bonchev–Trinajstić information content (AvgIpc) is 3.08. The highest BCUT2D eigenvalue weighted by atomic mass is 79.9. The summed E-state index contributed by atoms with van der Waals surface area (Å²) in [5.41, 5.74) is 1.15. The molecule has 1 N–H and O–H groups in total. The highest BCUT2D eigenvalue weighted by Gasteiger charge is 2.37. The maximum absolute atomic E-state index is 4.75. The predicted octanol–water partition coefficient (Wildman–Crippen LogP) is 4.14. The smallest absolute Gasteiger partial charge is 0.144 e. The fourth-order valence-electron chi connectivity index (χ4n) is 2.12. The molecule has 0 radical (unpaired) electrons. The van der Waals surface area contributed by atoms with Crippen molar-refractivity contribution in [2.24, 2.45) is 5.92 Å². The standard InChI is InChI=1S/C14H22BrN3/c1-4-6-11-12(15)14(16-7-5-2)18-13(17-11)10-8-9(10)3/h9-10H,4-8H2,1-3H3,(H,16,17,18). The number of hydrogen-bond donors (Lipinski definition) is 1. The Hall–Kier alpha value is -0.640. The molecule has 0 aliphatic heterocycles. The summed E-state index contributed by atoms with van der Waals surface area (Å²) in [6.07, 6.45) is 4.47. The monoisotopic (exact) mass is 311 g/mol. The van der Waals surface area contributed by atoms with E-state index in [2.05, 4.69) is 42.0 Å². The SMILES string of the molecule is CCCNc1nc(C2CC2C)nc(CCC)c1Br. The number of nitrogens with one attached hydrogen (secondary N) is 1. The van der Waals surface area contributed by atoms with Crippen LogP contribution < -0.4 is 5.32 Å². The van der Waals surface area contributed by atoms with Gasteiger partial charge in [-0.3, -0.25) is 0 Å². The molecule has 3 nitrogen and oxygen atoms in total. The first kappa shape index (κ1) is 13.8. The molecule has 18 heavy (non-hydrogen) atoms. The quantitative estimate of drug-likeness (QED) is 0.858. The van der Waals surface area contributed by atoms with Gasteiger partial charge in [0.15, 0.2) is 0 Å². The lowest BCUT2D eigenvalue weighted by molar-refractivity contribution is 0.792.